The zero-order valence-electron chi connectivity index (χ0n) is 10.6. The largest absolute Gasteiger partial charge is 0.485 e. The van der Waals surface area contributed by atoms with E-state index in [4.69, 9.17) is 16.3 Å². The molecule has 1 aromatic rings. The average Bonchev–Trinajstić information content (AvgIpc) is 2.86. The van der Waals surface area contributed by atoms with Gasteiger partial charge in [0, 0.05) is 29.0 Å². The molecule has 2 unspecified atom stereocenters. The molecule has 4 rings (SSSR count). The van der Waals surface area contributed by atoms with E-state index in [0.717, 1.165) is 23.9 Å². The van der Waals surface area contributed by atoms with Crippen molar-refractivity contribution in [2.45, 2.75) is 12.0 Å². The van der Waals surface area contributed by atoms with Crippen molar-refractivity contribution in [3.05, 3.63) is 53.1 Å². The van der Waals surface area contributed by atoms with Gasteiger partial charge in [-0.3, -0.25) is 0 Å². The molecule has 1 N–H and O–H groups in total. The van der Waals surface area contributed by atoms with Crippen LogP contribution in [-0.4, -0.2) is 19.2 Å². The summed E-state index contributed by atoms with van der Waals surface area (Å²) in [7, 11) is 0. The van der Waals surface area contributed by atoms with Crippen molar-refractivity contribution in [3.63, 3.8) is 0 Å². The topological polar surface area (TPSA) is 21.3 Å². The Morgan fingerprint density at radius 3 is 3.00 bits per heavy atom. The molecule has 0 amide bonds. The van der Waals surface area contributed by atoms with Crippen molar-refractivity contribution in [2.75, 3.05) is 13.1 Å². The Bertz CT molecular complexity index is 566. The van der Waals surface area contributed by atoms with E-state index in [1.807, 2.05) is 12.1 Å². The number of hydrogen-bond acceptors (Lipinski definition) is 2. The first-order valence-corrected chi connectivity index (χ1v) is 7.22. The molecule has 0 spiro atoms. The quantitative estimate of drug-likeness (QED) is 0.784. The first kappa shape index (κ1) is 11.6. The second kappa shape index (κ2) is 4.39. The number of halogens is 1. The highest BCUT2D eigenvalue weighted by Gasteiger charge is 2.41. The van der Waals surface area contributed by atoms with Crippen molar-refractivity contribution in [2.24, 2.45) is 11.8 Å². The van der Waals surface area contributed by atoms with E-state index >= 15 is 0 Å². The number of allylic oxidation sites excluding steroid dienone is 2. The van der Waals surface area contributed by atoms with Crippen molar-refractivity contribution in [1.29, 1.82) is 0 Å². The van der Waals surface area contributed by atoms with Crippen LogP contribution in [0.4, 0.5) is 0 Å². The van der Waals surface area contributed by atoms with Gasteiger partial charge in [-0.25, -0.2) is 0 Å². The number of hydrogen-bond donors (Lipinski definition) is 1. The fourth-order valence-corrected chi connectivity index (χ4v) is 3.80. The van der Waals surface area contributed by atoms with E-state index in [-0.39, 0.29) is 6.10 Å². The van der Waals surface area contributed by atoms with E-state index in [1.54, 1.807) is 0 Å². The Balaban J connectivity index is 1.84. The van der Waals surface area contributed by atoms with Gasteiger partial charge in [0.05, 0.1) is 0 Å². The number of benzene rings is 1. The van der Waals surface area contributed by atoms with Crippen molar-refractivity contribution < 1.29 is 4.74 Å². The maximum Gasteiger partial charge on any atom is 0.124 e. The normalized spacial score (nSPS) is 35.0. The van der Waals surface area contributed by atoms with Gasteiger partial charge in [0.15, 0.2) is 0 Å². The van der Waals surface area contributed by atoms with Crippen LogP contribution < -0.4 is 10.1 Å². The highest BCUT2D eigenvalue weighted by atomic mass is 35.5. The zero-order valence-corrected chi connectivity index (χ0v) is 11.3. The molecule has 0 radical (unpaired) electrons. The number of fused-ring (bicyclic) bond motifs is 5. The van der Waals surface area contributed by atoms with E-state index < -0.39 is 0 Å². The Hall–Kier alpha value is -1.25. The van der Waals surface area contributed by atoms with Crippen LogP contribution in [-0.2, 0) is 0 Å². The minimum atomic E-state index is 0.153. The molecule has 2 nitrogen and oxygen atoms in total. The summed E-state index contributed by atoms with van der Waals surface area (Å²) in [6.07, 6.45) is 8.84. The Labute approximate surface area is 118 Å². The lowest BCUT2D eigenvalue weighted by molar-refractivity contribution is 0.177. The molecule has 2 heterocycles. The molecule has 3 heteroatoms. The fourth-order valence-electron chi connectivity index (χ4n) is 3.62. The first-order chi connectivity index (χ1) is 9.33. The molecule has 4 atom stereocenters. The summed E-state index contributed by atoms with van der Waals surface area (Å²) in [4.78, 5) is 0. The minimum absolute atomic E-state index is 0.153. The molecule has 1 aromatic carbocycles. The second-order valence-corrected chi connectivity index (χ2v) is 5.98. The van der Waals surface area contributed by atoms with Crippen LogP contribution >= 0.6 is 11.6 Å². The van der Waals surface area contributed by atoms with E-state index in [2.05, 4.69) is 35.7 Å². The maximum atomic E-state index is 6.23. The lowest BCUT2D eigenvalue weighted by Gasteiger charge is -2.28. The van der Waals surface area contributed by atoms with Gasteiger partial charge in [-0.2, -0.15) is 0 Å². The monoisotopic (exact) mass is 273 g/mol. The standard InChI is InChI=1S/C16H16ClNO/c17-10-5-6-16-12(7-10)14-9-18-8-13(14)11-3-1-2-4-15(11)19-16/h1-7,11,13-15,18H,8-9H2/t11?,13-,14-,15?/m0/s1. The van der Waals surface area contributed by atoms with E-state index in [0.29, 0.717) is 17.8 Å². The van der Waals surface area contributed by atoms with Gasteiger partial charge in [-0.05, 0) is 36.7 Å². The van der Waals surface area contributed by atoms with Gasteiger partial charge in [0.2, 0.25) is 0 Å². The summed E-state index contributed by atoms with van der Waals surface area (Å²) in [5.74, 6) is 2.54. The van der Waals surface area contributed by atoms with E-state index in [9.17, 15) is 0 Å². The van der Waals surface area contributed by atoms with Gasteiger partial charge in [0.25, 0.3) is 0 Å². The Morgan fingerprint density at radius 2 is 2.05 bits per heavy atom. The molecule has 2 aliphatic heterocycles. The molecular formula is C16H16ClNO. The van der Waals surface area contributed by atoms with Crippen LogP contribution in [0.5, 0.6) is 5.75 Å². The van der Waals surface area contributed by atoms with Crippen LogP contribution in [0.1, 0.15) is 11.5 Å². The van der Waals surface area contributed by atoms with Crippen LogP contribution in [0.15, 0.2) is 42.5 Å². The zero-order chi connectivity index (χ0) is 12.8. The van der Waals surface area contributed by atoms with Crippen molar-refractivity contribution in [3.8, 4) is 5.75 Å². The molecule has 3 aliphatic rings. The smallest absolute Gasteiger partial charge is 0.124 e. The second-order valence-electron chi connectivity index (χ2n) is 5.54. The molecule has 98 valence electrons. The highest BCUT2D eigenvalue weighted by molar-refractivity contribution is 6.30. The average molecular weight is 274 g/mol. The predicted molar refractivity (Wildman–Crippen MR) is 76.7 cm³/mol. The maximum absolute atomic E-state index is 6.23. The van der Waals surface area contributed by atoms with Gasteiger partial charge >= 0.3 is 0 Å². The number of ether oxygens (including phenoxy) is 1. The SMILES string of the molecule is Clc1ccc2c(c1)[C@@H]1CNC[C@H]1C1C=CC=CC1O2. The molecule has 0 bridgehead atoms. The lowest BCUT2D eigenvalue weighted by Crippen LogP contribution is -2.31. The van der Waals surface area contributed by atoms with Crippen molar-refractivity contribution in [1.82, 2.24) is 5.32 Å². The van der Waals surface area contributed by atoms with Crippen molar-refractivity contribution >= 4 is 11.6 Å². The first-order valence-electron chi connectivity index (χ1n) is 6.85. The lowest BCUT2D eigenvalue weighted by atomic mass is 9.77. The Kier molecular flexibility index (Phi) is 2.68. The number of nitrogens with one attached hydrogen (secondary N) is 1. The summed E-state index contributed by atoms with van der Waals surface area (Å²) in [6.45, 7) is 2.07. The van der Waals surface area contributed by atoms with Gasteiger partial charge in [0.1, 0.15) is 11.9 Å². The molecule has 1 saturated heterocycles. The summed E-state index contributed by atoms with van der Waals surface area (Å²) in [5, 5.41) is 4.32. The van der Waals surface area contributed by atoms with Crippen LogP contribution in [0.2, 0.25) is 5.02 Å². The molecule has 0 aromatic heterocycles. The van der Waals surface area contributed by atoms with E-state index in [1.165, 1.54) is 5.56 Å². The summed E-state index contributed by atoms with van der Waals surface area (Å²) in [5.41, 5.74) is 1.26. The van der Waals surface area contributed by atoms with Crippen LogP contribution in [0.3, 0.4) is 0 Å². The third kappa shape index (κ3) is 1.82. The summed E-state index contributed by atoms with van der Waals surface area (Å²) in [6, 6.07) is 6.01. The minimum Gasteiger partial charge on any atom is -0.485 e. The molecular weight excluding hydrogens is 258 g/mol. The highest BCUT2D eigenvalue weighted by Crippen LogP contribution is 2.45. The third-order valence-electron chi connectivity index (χ3n) is 4.51. The summed E-state index contributed by atoms with van der Waals surface area (Å²) < 4.78 is 6.23. The molecule has 0 saturated carbocycles. The predicted octanol–water partition coefficient (Wildman–Crippen LogP) is 3.15. The molecule has 1 fully saturated rings. The van der Waals surface area contributed by atoms with Crippen LogP contribution in [0.25, 0.3) is 0 Å². The van der Waals surface area contributed by atoms with Gasteiger partial charge in [-0.1, -0.05) is 29.8 Å². The molecule has 19 heavy (non-hydrogen) atoms. The number of rotatable bonds is 0. The molecule has 1 aliphatic carbocycles. The van der Waals surface area contributed by atoms with Gasteiger partial charge < -0.3 is 10.1 Å². The third-order valence-corrected chi connectivity index (χ3v) is 4.75. The van der Waals surface area contributed by atoms with Crippen LogP contribution in [0, 0.1) is 11.8 Å². The van der Waals surface area contributed by atoms with Gasteiger partial charge in [-0.15, -0.1) is 0 Å². The summed E-state index contributed by atoms with van der Waals surface area (Å²) >= 11 is 6.17. The Morgan fingerprint density at radius 1 is 1.16 bits per heavy atom. The fraction of sp³-hybridized carbons (Fsp3) is 0.375.